The minimum Gasteiger partial charge on any atom is -0.493 e. The highest BCUT2D eigenvalue weighted by molar-refractivity contribution is 5.92. The number of rotatable bonds is 7. The van der Waals surface area contributed by atoms with Crippen molar-refractivity contribution in [3.8, 4) is 11.5 Å². The molecule has 1 aromatic carbocycles. The maximum absolute atomic E-state index is 12.2. The van der Waals surface area contributed by atoms with E-state index in [9.17, 15) is 4.79 Å². The maximum atomic E-state index is 12.2. The number of carbonyl (C=O) groups is 1. The van der Waals surface area contributed by atoms with E-state index in [4.69, 9.17) is 14.0 Å². The van der Waals surface area contributed by atoms with Crippen LogP contribution in [0.4, 0.5) is 0 Å². The fraction of sp³-hybridized carbons (Fsp3) is 0.263. The number of aryl methyl sites for hydroxylation is 2. The summed E-state index contributed by atoms with van der Waals surface area (Å²) in [4.78, 5) is 20.5. The molecule has 1 amide bonds. The number of hydrogen-bond acceptors (Lipinski definition) is 7. The molecule has 0 saturated carbocycles. The number of amides is 1. The van der Waals surface area contributed by atoms with Gasteiger partial charge in [0.2, 0.25) is 0 Å². The summed E-state index contributed by atoms with van der Waals surface area (Å²) in [7, 11) is 1.58. The number of benzene rings is 1. The van der Waals surface area contributed by atoms with E-state index in [1.54, 1.807) is 19.5 Å². The number of carbonyl (C=O) groups excluding carboxylic acids is 1. The third kappa shape index (κ3) is 4.81. The molecule has 2 heterocycles. The maximum Gasteiger partial charge on any atom is 0.273 e. The first kappa shape index (κ1) is 18.4. The standard InChI is InChI=1S/C19H20N4O4/c1-12-4-5-17(18(6-12)25-3)26-11-15-7-16(23-27-15)19(24)22-10-14-9-20-13(2)8-21-14/h4-9H,10-11H2,1-3H3,(H,22,24). The van der Waals surface area contributed by atoms with E-state index in [1.165, 1.54) is 6.07 Å². The van der Waals surface area contributed by atoms with Crippen LogP contribution in [0.2, 0.25) is 0 Å². The van der Waals surface area contributed by atoms with Crippen LogP contribution in [-0.2, 0) is 13.2 Å². The van der Waals surface area contributed by atoms with Gasteiger partial charge in [-0.1, -0.05) is 11.2 Å². The molecule has 1 N–H and O–H groups in total. The SMILES string of the molecule is COc1cc(C)ccc1OCc1cc(C(=O)NCc2cnc(C)cn2)no1. The molecule has 0 spiro atoms. The van der Waals surface area contributed by atoms with E-state index >= 15 is 0 Å². The summed E-state index contributed by atoms with van der Waals surface area (Å²) < 4.78 is 16.2. The Balaban J connectivity index is 1.56. The average molecular weight is 368 g/mol. The van der Waals surface area contributed by atoms with Gasteiger partial charge in [0, 0.05) is 12.3 Å². The van der Waals surface area contributed by atoms with Gasteiger partial charge < -0.3 is 19.3 Å². The van der Waals surface area contributed by atoms with Crippen LogP contribution in [-0.4, -0.2) is 28.1 Å². The van der Waals surface area contributed by atoms with Crippen molar-refractivity contribution in [1.82, 2.24) is 20.4 Å². The lowest BCUT2D eigenvalue weighted by Crippen LogP contribution is -2.23. The van der Waals surface area contributed by atoms with Crippen molar-refractivity contribution in [3.05, 3.63) is 65.1 Å². The molecular weight excluding hydrogens is 348 g/mol. The Morgan fingerprint density at radius 2 is 2.00 bits per heavy atom. The smallest absolute Gasteiger partial charge is 0.273 e. The van der Waals surface area contributed by atoms with Gasteiger partial charge in [0.15, 0.2) is 23.0 Å². The Morgan fingerprint density at radius 1 is 1.15 bits per heavy atom. The molecule has 0 radical (unpaired) electrons. The van der Waals surface area contributed by atoms with Crippen LogP contribution >= 0.6 is 0 Å². The molecule has 3 aromatic rings. The second-order valence-corrected chi connectivity index (χ2v) is 5.95. The Bertz CT molecular complexity index is 922. The summed E-state index contributed by atoms with van der Waals surface area (Å²) in [5.41, 5.74) is 2.71. The Morgan fingerprint density at radius 3 is 2.74 bits per heavy atom. The van der Waals surface area contributed by atoms with Crippen LogP contribution in [0, 0.1) is 13.8 Å². The zero-order chi connectivity index (χ0) is 19.2. The molecular formula is C19H20N4O4. The third-order valence-corrected chi connectivity index (χ3v) is 3.75. The molecule has 0 aliphatic heterocycles. The highest BCUT2D eigenvalue weighted by Gasteiger charge is 2.14. The van der Waals surface area contributed by atoms with Crippen molar-refractivity contribution < 1.29 is 18.8 Å². The molecule has 0 unspecified atom stereocenters. The summed E-state index contributed by atoms with van der Waals surface area (Å²) in [6.45, 7) is 4.20. The number of methoxy groups -OCH3 is 1. The first-order chi connectivity index (χ1) is 13.0. The molecule has 0 bridgehead atoms. The van der Waals surface area contributed by atoms with E-state index in [-0.39, 0.29) is 24.8 Å². The van der Waals surface area contributed by atoms with Gasteiger partial charge in [0.25, 0.3) is 5.91 Å². The van der Waals surface area contributed by atoms with Crippen molar-refractivity contribution in [2.75, 3.05) is 7.11 Å². The van der Waals surface area contributed by atoms with Crippen molar-refractivity contribution in [2.24, 2.45) is 0 Å². The number of hydrogen-bond donors (Lipinski definition) is 1. The molecule has 0 aliphatic carbocycles. The van der Waals surface area contributed by atoms with Gasteiger partial charge in [-0.15, -0.1) is 0 Å². The van der Waals surface area contributed by atoms with Crippen LogP contribution in [0.15, 0.2) is 41.2 Å². The summed E-state index contributed by atoms with van der Waals surface area (Å²) in [5.74, 6) is 1.29. The topological polar surface area (TPSA) is 99.4 Å². The zero-order valence-electron chi connectivity index (χ0n) is 15.4. The molecule has 0 atom stereocenters. The molecule has 0 fully saturated rings. The lowest BCUT2D eigenvalue weighted by atomic mass is 10.2. The fourth-order valence-electron chi connectivity index (χ4n) is 2.30. The Labute approximate surface area is 156 Å². The normalized spacial score (nSPS) is 10.5. The van der Waals surface area contributed by atoms with E-state index in [1.807, 2.05) is 32.0 Å². The molecule has 8 nitrogen and oxygen atoms in total. The largest absolute Gasteiger partial charge is 0.493 e. The number of nitrogens with zero attached hydrogens (tertiary/aromatic N) is 3. The van der Waals surface area contributed by atoms with Gasteiger partial charge >= 0.3 is 0 Å². The first-order valence-corrected chi connectivity index (χ1v) is 8.34. The lowest BCUT2D eigenvalue weighted by Gasteiger charge is -2.09. The predicted molar refractivity (Wildman–Crippen MR) is 96.5 cm³/mol. The van der Waals surface area contributed by atoms with Crippen LogP contribution in [0.25, 0.3) is 0 Å². The zero-order valence-corrected chi connectivity index (χ0v) is 15.4. The fourth-order valence-corrected chi connectivity index (χ4v) is 2.30. The highest BCUT2D eigenvalue weighted by atomic mass is 16.5. The lowest BCUT2D eigenvalue weighted by molar-refractivity contribution is 0.0941. The van der Waals surface area contributed by atoms with Crippen LogP contribution in [0.5, 0.6) is 11.5 Å². The van der Waals surface area contributed by atoms with E-state index < -0.39 is 0 Å². The van der Waals surface area contributed by atoms with E-state index in [0.717, 1.165) is 11.3 Å². The van der Waals surface area contributed by atoms with Gasteiger partial charge in [0.05, 0.1) is 31.2 Å². The quantitative estimate of drug-likeness (QED) is 0.684. The van der Waals surface area contributed by atoms with Crippen LogP contribution in [0.1, 0.15) is 33.2 Å². The molecule has 3 rings (SSSR count). The summed E-state index contributed by atoms with van der Waals surface area (Å²) >= 11 is 0. The Kier molecular flexibility index (Phi) is 5.65. The first-order valence-electron chi connectivity index (χ1n) is 8.34. The van der Waals surface area contributed by atoms with Crippen molar-refractivity contribution in [1.29, 1.82) is 0 Å². The van der Waals surface area contributed by atoms with Crippen LogP contribution < -0.4 is 14.8 Å². The van der Waals surface area contributed by atoms with Crippen molar-refractivity contribution in [3.63, 3.8) is 0 Å². The average Bonchev–Trinajstić information content (AvgIpc) is 3.15. The third-order valence-electron chi connectivity index (χ3n) is 3.75. The molecule has 0 saturated heterocycles. The molecule has 27 heavy (non-hydrogen) atoms. The minimum atomic E-state index is -0.361. The molecule has 8 heteroatoms. The van der Waals surface area contributed by atoms with E-state index in [2.05, 4.69) is 20.4 Å². The van der Waals surface area contributed by atoms with Gasteiger partial charge in [-0.2, -0.15) is 0 Å². The number of ether oxygens (including phenoxy) is 2. The monoisotopic (exact) mass is 368 g/mol. The second kappa shape index (κ2) is 8.31. The Hall–Kier alpha value is -3.42. The minimum absolute atomic E-state index is 0.128. The number of aromatic nitrogens is 3. The van der Waals surface area contributed by atoms with Gasteiger partial charge in [-0.3, -0.25) is 14.8 Å². The van der Waals surface area contributed by atoms with Crippen molar-refractivity contribution in [2.45, 2.75) is 27.0 Å². The van der Waals surface area contributed by atoms with E-state index in [0.29, 0.717) is 23.0 Å². The van der Waals surface area contributed by atoms with Crippen molar-refractivity contribution >= 4 is 5.91 Å². The molecule has 2 aromatic heterocycles. The predicted octanol–water partition coefficient (Wildman–Crippen LogP) is 2.60. The van der Waals surface area contributed by atoms with Gasteiger partial charge in [-0.25, -0.2) is 0 Å². The second-order valence-electron chi connectivity index (χ2n) is 5.95. The summed E-state index contributed by atoms with van der Waals surface area (Å²) in [5, 5.41) is 6.50. The van der Waals surface area contributed by atoms with Gasteiger partial charge in [0.1, 0.15) is 6.61 Å². The molecule has 0 aliphatic rings. The van der Waals surface area contributed by atoms with Gasteiger partial charge in [-0.05, 0) is 31.5 Å². The highest BCUT2D eigenvalue weighted by Crippen LogP contribution is 2.28. The molecule has 140 valence electrons. The summed E-state index contributed by atoms with van der Waals surface area (Å²) in [6, 6.07) is 7.16. The number of nitrogens with one attached hydrogen (secondary N) is 1. The summed E-state index contributed by atoms with van der Waals surface area (Å²) in [6.07, 6.45) is 3.26. The van der Waals surface area contributed by atoms with Crippen LogP contribution in [0.3, 0.4) is 0 Å².